The van der Waals surface area contributed by atoms with Crippen LogP contribution in [-0.4, -0.2) is 27.9 Å². The molecule has 0 aromatic heterocycles. The summed E-state index contributed by atoms with van der Waals surface area (Å²) in [6.07, 6.45) is 0.470. The van der Waals surface area contributed by atoms with Gasteiger partial charge in [-0.3, -0.25) is 14.4 Å². The zero-order valence-corrected chi connectivity index (χ0v) is 12.9. The molecule has 0 bridgehead atoms. The van der Waals surface area contributed by atoms with Gasteiger partial charge in [-0.15, -0.1) is 0 Å². The molecular weight excluding hydrogens is 340 g/mol. The lowest BCUT2D eigenvalue weighted by Crippen LogP contribution is -2.30. The van der Waals surface area contributed by atoms with Crippen molar-refractivity contribution in [3.63, 3.8) is 0 Å². The summed E-state index contributed by atoms with van der Waals surface area (Å²) in [5.41, 5.74) is 0.527. The minimum absolute atomic E-state index is 0.138. The van der Waals surface area contributed by atoms with Crippen LogP contribution >= 0.6 is 15.9 Å². The van der Waals surface area contributed by atoms with Gasteiger partial charge in [0.05, 0.1) is 0 Å². The average molecular weight is 355 g/mol. The van der Waals surface area contributed by atoms with Crippen molar-refractivity contribution >= 4 is 33.7 Å². The van der Waals surface area contributed by atoms with Crippen molar-refractivity contribution in [2.24, 2.45) is 5.41 Å². The van der Waals surface area contributed by atoms with E-state index >= 15 is 0 Å². The zero-order valence-electron chi connectivity index (χ0n) is 11.3. The molecule has 2 rings (SSSR count). The monoisotopic (exact) mass is 354 g/mol. The van der Waals surface area contributed by atoms with Crippen molar-refractivity contribution in [1.29, 1.82) is 0 Å². The quantitative estimate of drug-likeness (QED) is 0.819. The third kappa shape index (κ3) is 3.32. The maximum absolute atomic E-state index is 12.7. The Bertz CT molecular complexity index is 590. The predicted octanol–water partition coefficient (Wildman–Crippen LogP) is 2.90. The van der Waals surface area contributed by atoms with Crippen LogP contribution in [0.4, 0.5) is 0 Å². The summed E-state index contributed by atoms with van der Waals surface area (Å²) in [6, 6.07) is 5.39. The molecule has 5 nitrogen and oxygen atoms in total. The van der Waals surface area contributed by atoms with Crippen LogP contribution in [0.2, 0.25) is 0 Å². The molecule has 0 atom stereocenters. The minimum atomic E-state index is -0.977. The van der Waals surface area contributed by atoms with E-state index in [4.69, 9.17) is 10.2 Å². The van der Waals surface area contributed by atoms with E-state index in [-0.39, 0.29) is 31.5 Å². The van der Waals surface area contributed by atoms with Gasteiger partial charge in [-0.05, 0) is 37.0 Å². The van der Waals surface area contributed by atoms with Gasteiger partial charge in [-0.25, -0.2) is 0 Å². The fourth-order valence-corrected chi connectivity index (χ4v) is 3.23. The van der Waals surface area contributed by atoms with Crippen LogP contribution in [-0.2, 0) is 16.0 Å². The molecule has 0 saturated heterocycles. The van der Waals surface area contributed by atoms with E-state index in [2.05, 4.69) is 15.9 Å². The topological polar surface area (TPSA) is 91.7 Å². The first kappa shape index (κ1) is 15.7. The number of carbonyl (C=O) groups excluding carboxylic acids is 1. The number of carboxylic acid groups (broad SMARTS) is 2. The number of ketones is 1. The summed E-state index contributed by atoms with van der Waals surface area (Å²) in [4.78, 5) is 34.4. The molecule has 21 heavy (non-hydrogen) atoms. The molecule has 0 fully saturated rings. The molecule has 1 aliphatic carbocycles. The molecule has 0 radical (unpaired) electrons. The highest BCUT2D eigenvalue weighted by Gasteiger charge is 2.45. The van der Waals surface area contributed by atoms with Gasteiger partial charge in [0.25, 0.3) is 0 Å². The molecule has 2 N–H and O–H groups in total. The maximum atomic E-state index is 12.7. The summed E-state index contributed by atoms with van der Waals surface area (Å²) in [6.45, 7) is 0. The van der Waals surface area contributed by atoms with Crippen LogP contribution in [0.25, 0.3) is 0 Å². The van der Waals surface area contributed by atoms with Crippen LogP contribution in [0.3, 0.4) is 0 Å². The Labute approximate surface area is 130 Å². The summed E-state index contributed by atoms with van der Waals surface area (Å²) >= 11 is 3.31. The number of carboxylic acids is 2. The Hall–Kier alpha value is -1.69. The fourth-order valence-electron chi connectivity index (χ4n) is 2.87. The van der Waals surface area contributed by atoms with Crippen LogP contribution in [0, 0.1) is 5.41 Å². The highest BCUT2D eigenvalue weighted by molar-refractivity contribution is 9.10. The molecule has 1 aromatic rings. The SMILES string of the molecule is O=C(O)CCC1(CCC(=O)O)Cc2ccc(Br)cc2C1=O. The smallest absolute Gasteiger partial charge is 0.303 e. The minimum Gasteiger partial charge on any atom is -0.481 e. The second kappa shape index (κ2) is 5.97. The number of carbonyl (C=O) groups is 3. The Balaban J connectivity index is 2.31. The Morgan fingerprint density at radius 2 is 1.71 bits per heavy atom. The zero-order chi connectivity index (χ0) is 15.6. The Morgan fingerprint density at radius 3 is 2.24 bits per heavy atom. The number of fused-ring (bicyclic) bond motifs is 1. The number of Topliss-reactive ketones (excluding diaryl/α,β-unsaturated/α-hetero) is 1. The summed E-state index contributed by atoms with van der Waals surface area (Å²) in [7, 11) is 0. The van der Waals surface area contributed by atoms with Crippen molar-refractivity contribution in [1.82, 2.24) is 0 Å². The first-order chi connectivity index (χ1) is 9.84. The number of hydrogen-bond acceptors (Lipinski definition) is 3. The number of halogens is 1. The van der Waals surface area contributed by atoms with Gasteiger partial charge in [0.15, 0.2) is 5.78 Å². The standard InChI is InChI=1S/C15H15BrO5/c16-10-2-1-9-8-15(5-3-12(17)18,6-4-13(19)20)14(21)11(9)7-10/h1-2,7H,3-6,8H2,(H,17,18)(H,19,20). The molecule has 0 heterocycles. The molecule has 6 heteroatoms. The van der Waals surface area contributed by atoms with Crippen LogP contribution in [0.1, 0.15) is 41.6 Å². The molecule has 0 aliphatic heterocycles. The average Bonchev–Trinajstić information content (AvgIpc) is 2.68. The summed E-state index contributed by atoms with van der Waals surface area (Å²) in [5, 5.41) is 17.8. The molecule has 0 spiro atoms. The molecule has 0 saturated carbocycles. The highest BCUT2D eigenvalue weighted by atomic mass is 79.9. The highest BCUT2D eigenvalue weighted by Crippen LogP contribution is 2.44. The summed E-state index contributed by atoms with van der Waals surface area (Å²) < 4.78 is 0.780. The van der Waals surface area contributed by atoms with Gasteiger partial charge >= 0.3 is 11.9 Å². The van der Waals surface area contributed by atoms with E-state index < -0.39 is 17.4 Å². The van der Waals surface area contributed by atoms with E-state index in [0.29, 0.717) is 12.0 Å². The first-order valence-corrected chi connectivity index (χ1v) is 7.40. The van der Waals surface area contributed by atoms with E-state index in [1.165, 1.54) is 0 Å². The second-order valence-corrected chi connectivity index (χ2v) is 6.29. The molecule has 112 valence electrons. The van der Waals surface area contributed by atoms with Gasteiger partial charge in [0.2, 0.25) is 0 Å². The molecule has 0 unspecified atom stereocenters. The fraction of sp³-hybridized carbons (Fsp3) is 0.400. The molecule has 1 aromatic carbocycles. The molecular formula is C15H15BrO5. The molecule has 1 aliphatic rings. The normalized spacial score (nSPS) is 15.8. The van der Waals surface area contributed by atoms with Crippen LogP contribution in [0.5, 0.6) is 0 Å². The van der Waals surface area contributed by atoms with Gasteiger partial charge in [0, 0.05) is 28.3 Å². The van der Waals surface area contributed by atoms with Crippen molar-refractivity contribution in [2.75, 3.05) is 0 Å². The largest absolute Gasteiger partial charge is 0.481 e. The van der Waals surface area contributed by atoms with Gasteiger partial charge in [-0.1, -0.05) is 22.0 Å². The van der Waals surface area contributed by atoms with Crippen molar-refractivity contribution in [2.45, 2.75) is 32.1 Å². The van der Waals surface area contributed by atoms with Gasteiger partial charge in [-0.2, -0.15) is 0 Å². The first-order valence-electron chi connectivity index (χ1n) is 6.61. The van der Waals surface area contributed by atoms with E-state index in [1.807, 2.05) is 12.1 Å². The Morgan fingerprint density at radius 1 is 1.14 bits per heavy atom. The number of rotatable bonds is 6. The van der Waals surface area contributed by atoms with Crippen LogP contribution in [0.15, 0.2) is 22.7 Å². The Kier molecular flexibility index (Phi) is 4.46. The van der Waals surface area contributed by atoms with Gasteiger partial charge in [0.1, 0.15) is 0 Å². The van der Waals surface area contributed by atoms with Crippen LogP contribution < -0.4 is 0 Å². The predicted molar refractivity (Wildman–Crippen MR) is 78.3 cm³/mol. The lowest BCUT2D eigenvalue weighted by atomic mass is 9.75. The maximum Gasteiger partial charge on any atom is 0.303 e. The van der Waals surface area contributed by atoms with Crippen molar-refractivity contribution in [3.05, 3.63) is 33.8 Å². The van der Waals surface area contributed by atoms with Gasteiger partial charge < -0.3 is 10.2 Å². The summed E-state index contributed by atoms with van der Waals surface area (Å²) in [5.74, 6) is -2.09. The second-order valence-electron chi connectivity index (χ2n) is 5.38. The lowest BCUT2D eigenvalue weighted by molar-refractivity contribution is -0.137. The number of aliphatic carboxylic acids is 2. The van der Waals surface area contributed by atoms with E-state index in [0.717, 1.165) is 10.0 Å². The third-order valence-electron chi connectivity index (χ3n) is 3.96. The van der Waals surface area contributed by atoms with Crippen molar-refractivity contribution in [3.8, 4) is 0 Å². The van der Waals surface area contributed by atoms with E-state index in [1.54, 1.807) is 6.07 Å². The third-order valence-corrected chi connectivity index (χ3v) is 4.46. The van der Waals surface area contributed by atoms with E-state index in [9.17, 15) is 14.4 Å². The molecule has 0 amide bonds. The lowest BCUT2D eigenvalue weighted by Gasteiger charge is -2.26. The van der Waals surface area contributed by atoms with Crippen molar-refractivity contribution < 1.29 is 24.6 Å². The number of hydrogen-bond donors (Lipinski definition) is 2. The number of benzene rings is 1.